The Bertz CT molecular complexity index is 485. The van der Waals surface area contributed by atoms with Crippen LogP contribution >= 0.6 is 0 Å². The maximum Gasteiger partial charge on any atom is 0.255 e. The van der Waals surface area contributed by atoms with E-state index in [-0.39, 0.29) is 17.6 Å². The van der Waals surface area contributed by atoms with E-state index in [2.05, 4.69) is 10.4 Å². The molecule has 1 amide bonds. The van der Waals surface area contributed by atoms with Crippen LogP contribution in [0.5, 0.6) is 0 Å². The third-order valence-electron chi connectivity index (χ3n) is 4.72. The molecule has 3 rings (SSSR count). The van der Waals surface area contributed by atoms with E-state index in [0.29, 0.717) is 0 Å². The van der Waals surface area contributed by atoms with Crippen LogP contribution in [0.3, 0.4) is 0 Å². The van der Waals surface area contributed by atoms with Gasteiger partial charge in [0.2, 0.25) is 0 Å². The lowest BCUT2D eigenvalue weighted by Gasteiger charge is -2.45. The molecule has 1 aliphatic heterocycles. The average Bonchev–Trinajstić information content (AvgIpc) is 2.88. The van der Waals surface area contributed by atoms with Crippen molar-refractivity contribution in [2.75, 3.05) is 7.11 Å². The highest BCUT2D eigenvalue weighted by atomic mass is 16.5. The summed E-state index contributed by atoms with van der Waals surface area (Å²) in [6, 6.07) is 0.0377. The Kier molecular flexibility index (Phi) is 3.09. The lowest BCUT2D eigenvalue weighted by atomic mass is 9.75. The van der Waals surface area contributed by atoms with E-state index in [4.69, 9.17) is 4.74 Å². The van der Waals surface area contributed by atoms with E-state index < -0.39 is 0 Å². The van der Waals surface area contributed by atoms with Crippen molar-refractivity contribution in [3.63, 3.8) is 0 Å². The first kappa shape index (κ1) is 12.7. The molecule has 19 heavy (non-hydrogen) atoms. The Hall–Kier alpha value is -1.36. The number of aromatic nitrogens is 2. The molecule has 1 aliphatic carbocycles. The molecule has 5 heteroatoms. The molecule has 1 atom stereocenters. The van der Waals surface area contributed by atoms with E-state index in [9.17, 15) is 4.79 Å². The molecule has 0 spiro atoms. The van der Waals surface area contributed by atoms with Gasteiger partial charge < -0.3 is 10.1 Å². The number of fused-ring (bicyclic) bond motifs is 1. The predicted octanol–water partition coefficient (Wildman–Crippen LogP) is 1.52. The van der Waals surface area contributed by atoms with Crippen molar-refractivity contribution in [2.45, 2.75) is 57.2 Å². The number of amides is 1. The van der Waals surface area contributed by atoms with E-state index >= 15 is 0 Å². The summed E-state index contributed by atoms with van der Waals surface area (Å²) in [6.45, 7) is 2.96. The smallest absolute Gasteiger partial charge is 0.255 e. The van der Waals surface area contributed by atoms with Crippen LogP contribution in [0, 0.1) is 0 Å². The second-order valence-electron chi connectivity index (χ2n) is 5.65. The second kappa shape index (κ2) is 4.63. The maximum absolute atomic E-state index is 12.4. The first-order valence-corrected chi connectivity index (χ1v) is 7.07. The highest BCUT2D eigenvalue weighted by Gasteiger charge is 2.43. The molecule has 0 aromatic carbocycles. The quantitative estimate of drug-likeness (QED) is 0.896. The van der Waals surface area contributed by atoms with Gasteiger partial charge in [-0.05, 0) is 39.0 Å². The maximum atomic E-state index is 12.4. The fourth-order valence-electron chi connectivity index (χ4n) is 3.20. The summed E-state index contributed by atoms with van der Waals surface area (Å²) >= 11 is 0. The molecule has 2 heterocycles. The van der Waals surface area contributed by atoms with Crippen LogP contribution in [-0.4, -0.2) is 34.4 Å². The number of hydrogen-bond acceptors (Lipinski definition) is 3. The van der Waals surface area contributed by atoms with Crippen LogP contribution in [0.15, 0.2) is 6.20 Å². The molecule has 0 radical (unpaired) electrons. The largest absolute Gasteiger partial charge is 0.376 e. The summed E-state index contributed by atoms with van der Waals surface area (Å²) < 4.78 is 7.55. The standard InChI is InChI=1S/C14H21N3O2/c1-10(14(19-2)6-4-7-14)16-13(18)11-9-15-17-8-3-5-12(11)17/h9-10H,3-8H2,1-2H3,(H,16,18)/t10-/m0/s1. The molecule has 0 bridgehead atoms. The second-order valence-corrected chi connectivity index (χ2v) is 5.65. The summed E-state index contributed by atoms with van der Waals surface area (Å²) in [5.41, 5.74) is 1.64. The van der Waals surface area contributed by atoms with Gasteiger partial charge in [0.15, 0.2) is 0 Å². The summed E-state index contributed by atoms with van der Waals surface area (Å²) in [6.07, 6.45) is 6.95. The minimum Gasteiger partial charge on any atom is -0.376 e. The van der Waals surface area contributed by atoms with Crippen molar-refractivity contribution in [2.24, 2.45) is 0 Å². The summed E-state index contributed by atoms with van der Waals surface area (Å²) in [7, 11) is 1.74. The summed E-state index contributed by atoms with van der Waals surface area (Å²) in [5.74, 6) is -0.0148. The van der Waals surface area contributed by atoms with Crippen molar-refractivity contribution in [1.82, 2.24) is 15.1 Å². The highest BCUT2D eigenvalue weighted by Crippen LogP contribution is 2.38. The van der Waals surface area contributed by atoms with Gasteiger partial charge in [-0.1, -0.05) is 0 Å². The number of hydrogen-bond donors (Lipinski definition) is 1. The van der Waals surface area contributed by atoms with Crippen molar-refractivity contribution < 1.29 is 9.53 Å². The SMILES string of the molecule is COC1([C@H](C)NC(=O)c2cnn3c2CCC3)CCC1. The van der Waals surface area contributed by atoms with Crippen LogP contribution in [0.4, 0.5) is 0 Å². The molecule has 1 saturated carbocycles. The summed E-state index contributed by atoms with van der Waals surface area (Å²) in [4.78, 5) is 12.4. The lowest BCUT2D eigenvalue weighted by Crippen LogP contribution is -2.56. The first-order chi connectivity index (χ1) is 9.16. The van der Waals surface area contributed by atoms with E-state index in [1.165, 1.54) is 6.42 Å². The van der Waals surface area contributed by atoms with Gasteiger partial charge >= 0.3 is 0 Å². The van der Waals surface area contributed by atoms with Gasteiger partial charge in [-0.15, -0.1) is 0 Å². The zero-order valence-corrected chi connectivity index (χ0v) is 11.6. The Morgan fingerprint density at radius 3 is 2.95 bits per heavy atom. The molecule has 5 nitrogen and oxygen atoms in total. The number of rotatable bonds is 4. The molecule has 0 unspecified atom stereocenters. The highest BCUT2D eigenvalue weighted by molar-refractivity contribution is 5.95. The van der Waals surface area contributed by atoms with E-state index in [1.807, 2.05) is 11.6 Å². The minimum absolute atomic E-state index is 0.0148. The monoisotopic (exact) mass is 263 g/mol. The number of methoxy groups -OCH3 is 1. The van der Waals surface area contributed by atoms with Crippen LogP contribution in [0.25, 0.3) is 0 Å². The molecule has 1 fully saturated rings. The Balaban J connectivity index is 1.71. The van der Waals surface area contributed by atoms with Crippen LogP contribution in [0.1, 0.15) is 48.7 Å². The summed E-state index contributed by atoms with van der Waals surface area (Å²) in [5, 5.41) is 7.35. The number of carbonyl (C=O) groups is 1. The Morgan fingerprint density at radius 2 is 2.32 bits per heavy atom. The van der Waals surface area contributed by atoms with Crippen LogP contribution in [0.2, 0.25) is 0 Å². The number of nitrogens with one attached hydrogen (secondary N) is 1. The third-order valence-corrected chi connectivity index (χ3v) is 4.72. The third kappa shape index (κ3) is 1.96. The molecular formula is C14H21N3O2. The molecular weight excluding hydrogens is 242 g/mol. The zero-order chi connectivity index (χ0) is 13.5. The molecule has 1 aromatic rings. The minimum atomic E-state index is -0.161. The molecule has 0 saturated heterocycles. The average molecular weight is 263 g/mol. The van der Waals surface area contributed by atoms with Gasteiger partial charge in [-0.3, -0.25) is 9.48 Å². The Morgan fingerprint density at radius 1 is 1.53 bits per heavy atom. The normalized spacial score (nSPS) is 21.6. The first-order valence-electron chi connectivity index (χ1n) is 7.07. The van der Waals surface area contributed by atoms with Gasteiger partial charge in [0, 0.05) is 13.7 Å². The van der Waals surface area contributed by atoms with Gasteiger partial charge in [0.1, 0.15) is 0 Å². The number of carbonyl (C=O) groups excluding carboxylic acids is 1. The lowest BCUT2D eigenvalue weighted by molar-refractivity contribution is -0.0919. The molecule has 2 aliphatic rings. The predicted molar refractivity (Wildman–Crippen MR) is 71.1 cm³/mol. The van der Waals surface area contributed by atoms with Gasteiger partial charge in [-0.25, -0.2) is 0 Å². The fraction of sp³-hybridized carbons (Fsp3) is 0.714. The van der Waals surface area contributed by atoms with Crippen molar-refractivity contribution in [3.05, 3.63) is 17.5 Å². The Labute approximate surface area is 113 Å². The van der Waals surface area contributed by atoms with Gasteiger partial charge in [0.25, 0.3) is 5.91 Å². The number of nitrogens with zero attached hydrogens (tertiary/aromatic N) is 2. The molecule has 1 N–H and O–H groups in total. The topological polar surface area (TPSA) is 56.1 Å². The molecule has 104 valence electrons. The molecule has 1 aromatic heterocycles. The van der Waals surface area contributed by atoms with Gasteiger partial charge in [-0.2, -0.15) is 5.10 Å². The van der Waals surface area contributed by atoms with Crippen molar-refractivity contribution >= 4 is 5.91 Å². The van der Waals surface area contributed by atoms with Crippen LogP contribution < -0.4 is 5.32 Å². The van der Waals surface area contributed by atoms with Crippen molar-refractivity contribution in [1.29, 1.82) is 0 Å². The van der Waals surface area contributed by atoms with Crippen molar-refractivity contribution in [3.8, 4) is 0 Å². The van der Waals surface area contributed by atoms with Crippen LogP contribution in [-0.2, 0) is 17.7 Å². The zero-order valence-electron chi connectivity index (χ0n) is 11.6. The van der Waals surface area contributed by atoms with E-state index in [1.54, 1.807) is 13.3 Å². The number of aryl methyl sites for hydroxylation is 1. The number of ether oxygens (including phenoxy) is 1. The fourth-order valence-corrected chi connectivity index (χ4v) is 3.20. The van der Waals surface area contributed by atoms with Gasteiger partial charge in [0.05, 0.1) is 29.1 Å². The van der Waals surface area contributed by atoms with E-state index in [0.717, 1.165) is 43.5 Å².